The van der Waals surface area contributed by atoms with Crippen LogP contribution < -0.4 is 0 Å². The minimum absolute atomic E-state index is 0.299. The monoisotopic (exact) mass is 234 g/mol. The summed E-state index contributed by atoms with van der Waals surface area (Å²) in [6.07, 6.45) is 2.37. The molecule has 0 radical (unpaired) electrons. The van der Waals surface area contributed by atoms with E-state index in [0.717, 1.165) is 24.0 Å². The van der Waals surface area contributed by atoms with Gasteiger partial charge in [0.25, 0.3) is 0 Å². The Balaban J connectivity index is 2.35. The van der Waals surface area contributed by atoms with Crippen LogP contribution in [0.1, 0.15) is 42.5 Å². The number of ether oxygens (including phenoxy) is 1. The molecule has 0 spiro atoms. The largest absolute Gasteiger partial charge is 0.507 e. The van der Waals surface area contributed by atoms with Crippen molar-refractivity contribution >= 4 is 0 Å². The fourth-order valence-corrected chi connectivity index (χ4v) is 2.62. The lowest BCUT2D eigenvalue weighted by Gasteiger charge is -2.31. The summed E-state index contributed by atoms with van der Waals surface area (Å²) in [5.41, 5.74) is 4.53. The molecule has 0 amide bonds. The first-order valence-corrected chi connectivity index (χ1v) is 6.47. The van der Waals surface area contributed by atoms with Gasteiger partial charge in [-0.3, -0.25) is 0 Å². The molecular formula is C15H22O2. The van der Waals surface area contributed by atoms with Crippen LogP contribution in [0, 0.1) is 19.8 Å². The molecule has 0 fully saturated rings. The number of fused-ring (bicyclic) bond motifs is 1. The Bertz CT molecular complexity index is 423. The highest BCUT2D eigenvalue weighted by atomic mass is 16.5. The number of aromatic hydroxyl groups is 1. The molecule has 2 rings (SSSR count). The van der Waals surface area contributed by atoms with Crippen LogP contribution in [0.5, 0.6) is 5.75 Å². The molecule has 2 unspecified atom stereocenters. The summed E-state index contributed by atoms with van der Waals surface area (Å²) < 4.78 is 5.89. The van der Waals surface area contributed by atoms with E-state index in [9.17, 15) is 5.11 Å². The Morgan fingerprint density at radius 2 is 2.06 bits per heavy atom. The predicted octanol–water partition coefficient (Wildman–Crippen LogP) is 3.50. The summed E-state index contributed by atoms with van der Waals surface area (Å²) in [6, 6.07) is 2.08. The molecular weight excluding hydrogens is 212 g/mol. The minimum atomic E-state index is 0.299. The third-order valence-corrected chi connectivity index (χ3v) is 4.06. The molecule has 1 heterocycles. The number of phenolic OH excluding ortho intramolecular Hbond substituents is 1. The SMILES string of the molecule is CCC(C)C1Cc2c(C)cc(C)c(O)c2CO1. The van der Waals surface area contributed by atoms with Gasteiger partial charge in [-0.05, 0) is 42.9 Å². The molecule has 2 heteroatoms. The highest BCUT2D eigenvalue weighted by Crippen LogP contribution is 2.35. The molecule has 1 aliphatic rings. The normalized spacial score (nSPS) is 21.1. The molecule has 0 saturated heterocycles. The van der Waals surface area contributed by atoms with Crippen LogP contribution >= 0.6 is 0 Å². The maximum Gasteiger partial charge on any atom is 0.124 e. The number of aryl methyl sites for hydroxylation is 2. The summed E-state index contributed by atoms with van der Waals surface area (Å²) in [4.78, 5) is 0. The van der Waals surface area contributed by atoms with Crippen molar-refractivity contribution in [3.8, 4) is 5.75 Å². The number of benzene rings is 1. The van der Waals surface area contributed by atoms with Gasteiger partial charge in [-0.2, -0.15) is 0 Å². The molecule has 2 atom stereocenters. The summed E-state index contributed by atoms with van der Waals surface area (Å²) in [6.45, 7) is 9.06. The lowest BCUT2D eigenvalue weighted by atomic mass is 9.87. The van der Waals surface area contributed by atoms with E-state index < -0.39 is 0 Å². The van der Waals surface area contributed by atoms with Crippen molar-refractivity contribution in [3.63, 3.8) is 0 Å². The standard InChI is InChI=1S/C15H22O2/c1-5-9(2)14-7-12-10(3)6-11(4)15(16)13(12)8-17-14/h6,9,14,16H,5,7-8H2,1-4H3. The fraction of sp³-hybridized carbons (Fsp3) is 0.600. The highest BCUT2D eigenvalue weighted by molar-refractivity contribution is 5.49. The first kappa shape index (κ1) is 12.4. The van der Waals surface area contributed by atoms with Gasteiger partial charge < -0.3 is 9.84 Å². The van der Waals surface area contributed by atoms with Crippen LogP contribution in [0.3, 0.4) is 0 Å². The molecule has 1 N–H and O–H groups in total. The van der Waals surface area contributed by atoms with E-state index in [0.29, 0.717) is 24.4 Å². The van der Waals surface area contributed by atoms with Gasteiger partial charge in [-0.1, -0.05) is 26.3 Å². The molecule has 94 valence electrons. The van der Waals surface area contributed by atoms with Crippen LogP contribution in [-0.4, -0.2) is 11.2 Å². The van der Waals surface area contributed by atoms with Gasteiger partial charge in [0.05, 0.1) is 12.7 Å². The van der Waals surface area contributed by atoms with Crippen molar-refractivity contribution in [2.45, 2.75) is 53.2 Å². The number of hydrogen-bond donors (Lipinski definition) is 1. The van der Waals surface area contributed by atoms with Gasteiger partial charge in [0, 0.05) is 5.56 Å². The van der Waals surface area contributed by atoms with Crippen molar-refractivity contribution in [1.29, 1.82) is 0 Å². The number of hydrogen-bond acceptors (Lipinski definition) is 2. The molecule has 0 aliphatic carbocycles. The smallest absolute Gasteiger partial charge is 0.124 e. The zero-order valence-electron chi connectivity index (χ0n) is 11.2. The topological polar surface area (TPSA) is 29.5 Å². The van der Waals surface area contributed by atoms with Gasteiger partial charge in [-0.25, -0.2) is 0 Å². The minimum Gasteiger partial charge on any atom is -0.507 e. The van der Waals surface area contributed by atoms with Gasteiger partial charge in [0.2, 0.25) is 0 Å². The van der Waals surface area contributed by atoms with Gasteiger partial charge in [0.1, 0.15) is 5.75 Å². The second-order valence-electron chi connectivity index (χ2n) is 5.26. The van der Waals surface area contributed by atoms with E-state index in [1.807, 2.05) is 6.92 Å². The van der Waals surface area contributed by atoms with E-state index in [2.05, 4.69) is 26.8 Å². The number of rotatable bonds is 2. The van der Waals surface area contributed by atoms with E-state index in [-0.39, 0.29) is 0 Å². The van der Waals surface area contributed by atoms with Crippen LogP contribution in [0.4, 0.5) is 0 Å². The Kier molecular flexibility index (Phi) is 3.43. The molecule has 0 aromatic heterocycles. The Labute approximate surface area is 104 Å². The first-order chi connectivity index (χ1) is 8.04. The third-order valence-electron chi connectivity index (χ3n) is 4.06. The van der Waals surface area contributed by atoms with E-state index in [1.54, 1.807) is 0 Å². The van der Waals surface area contributed by atoms with Crippen molar-refractivity contribution in [1.82, 2.24) is 0 Å². The Hall–Kier alpha value is -1.02. The number of phenols is 1. The Morgan fingerprint density at radius 3 is 2.71 bits per heavy atom. The molecule has 1 aromatic rings. The van der Waals surface area contributed by atoms with Crippen LogP contribution in [0.2, 0.25) is 0 Å². The maximum absolute atomic E-state index is 10.1. The zero-order valence-corrected chi connectivity index (χ0v) is 11.2. The molecule has 1 aliphatic heterocycles. The lowest BCUT2D eigenvalue weighted by Crippen LogP contribution is -2.29. The third kappa shape index (κ3) is 2.19. The zero-order chi connectivity index (χ0) is 12.6. The van der Waals surface area contributed by atoms with Crippen molar-refractivity contribution in [3.05, 3.63) is 28.3 Å². The summed E-state index contributed by atoms with van der Waals surface area (Å²) >= 11 is 0. The average molecular weight is 234 g/mol. The molecule has 2 nitrogen and oxygen atoms in total. The van der Waals surface area contributed by atoms with Crippen molar-refractivity contribution in [2.24, 2.45) is 5.92 Å². The van der Waals surface area contributed by atoms with Crippen LogP contribution in [0.15, 0.2) is 6.07 Å². The molecule has 17 heavy (non-hydrogen) atoms. The molecule has 0 bridgehead atoms. The quantitative estimate of drug-likeness (QED) is 0.848. The van der Waals surface area contributed by atoms with E-state index in [1.165, 1.54) is 11.1 Å². The van der Waals surface area contributed by atoms with Crippen molar-refractivity contribution < 1.29 is 9.84 Å². The van der Waals surface area contributed by atoms with Crippen molar-refractivity contribution in [2.75, 3.05) is 0 Å². The molecule has 1 aromatic carbocycles. The van der Waals surface area contributed by atoms with Gasteiger partial charge >= 0.3 is 0 Å². The summed E-state index contributed by atoms with van der Waals surface area (Å²) in [5.74, 6) is 0.999. The van der Waals surface area contributed by atoms with E-state index >= 15 is 0 Å². The fourth-order valence-electron chi connectivity index (χ4n) is 2.62. The molecule has 0 saturated carbocycles. The van der Waals surface area contributed by atoms with Crippen LogP contribution in [0.25, 0.3) is 0 Å². The van der Waals surface area contributed by atoms with Gasteiger partial charge in [-0.15, -0.1) is 0 Å². The first-order valence-electron chi connectivity index (χ1n) is 6.47. The second-order valence-corrected chi connectivity index (χ2v) is 5.26. The van der Waals surface area contributed by atoms with Gasteiger partial charge in [0.15, 0.2) is 0 Å². The summed E-state index contributed by atoms with van der Waals surface area (Å²) in [7, 11) is 0. The predicted molar refractivity (Wildman–Crippen MR) is 69.3 cm³/mol. The highest BCUT2D eigenvalue weighted by Gasteiger charge is 2.26. The average Bonchev–Trinajstić information content (AvgIpc) is 2.34. The second kappa shape index (κ2) is 4.69. The lowest BCUT2D eigenvalue weighted by molar-refractivity contribution is -0.00719. The maximum atomic E-state index is 10.1. The van der Waals surface area contributed by atoms with Crippen LogP contribution in [-0.2, 0) is 17.8 Å². The van der Waals surface area contributed by atoms with E-state index in [4.69, 9.17) is 4.74 Å². The Morgan fingerprint density at radius 1 is 1.35 bits per heavy atom. The summed E-state index contributed by atoms with van der Waals surface area (Å²) in [5, 5.41) is 10.1.